The molecular weight excluding hydrogens is 342 g/mol. The van der Waals surface area contributed by atoms with Gasteiger partial charge in [0.15, 0.2) is 0 Å². The molecule has 2 N–H and O–H groups in total. The van der Waals surface area contributed by atoms with Crippen molar-refractivity contribution in [1.29, 1.82) is 0 Å². The summed E-state index contributed by atoms with van der Waals surface area (Å²) in [5.41, 5.74) is 0.567. The molecule has 3 rings (SSSR count). The summed E-state index contributed by atoms with van der Waals surface area (Å²) < 4.78 is 1.62. The molecule has 0 radical (unpaired) electrons. The van der Waals surface area contributed by atoms with E-state index in [0.29, 0.717) is 29.1 Å². The van der Waals surface area contributed by atoms with Gasteiger partial charge in [0.1, 0.15) is 5.54 Å². The van der Waals surface area contributed by atoms with Gasteiger partial charge in [-0.25, -0.2) is 9.48 Å². The van der Waals surface area contributed by atoms with E-state index < -0.39 is 17.4 Å². The zero-order valence-corrected chi connectivity index (χ0v) is 14.7. The average Bonchev–Trinajstić information content (AvgIpc) is 2.97. The minimum atomic E-state index is -1.18. The third-order valence-electron chi connectivity index (χ3n) is 4.78. The van der Waals surface area contributed by atoms with Crippen LogP contribution in [0.2, 0.25) is 5.02 Å². The Bertz CT molecular complexity index is 810. The van der Waals surface area contributed by atoms with Crippen molar-refractivity contribution in [3.63, 3.8) is 0 Å². The Hall–Kier alpha value is -2.34. The lowest BCUT2D eigenvalue weighted by Gasteiger charge is -2.33. The number of hydrogen-bond acceptors (Lipinski definition) is 3. The fourth-order valence-corrected chi connectivity index (χ4v) is 3.52. The van der Waals surface area contributed by atoms with Crippen LogP contribution in [0.3, 0.4) is 0 Å². The maximum Gasteiger partial charge on any atom is 0.329 e. The molecule has 2 aromatic rings. The average molecular weight is 362 g/mol. The summed E-state index contributed by atoms with van der Waals surface area (Å²) in [5.74, 6) is -1.38. The SMILES string of the molecule is Cc1c(C(=O)NC2(C(=O)O)CCCCC2)cnn1-c1cccc(Cl)c1. The van der Waals surface area contributed by atoms with Crippen LogP contribution in [0.1, 0.15) is 48.2 Å². The minimum absolute atomic E-state index is 0.367. The maximum absolute atomic E-state index is 12.7. The molecule has 0 unspecified atom stereocenters. The van der Waals surface area contributed by atoms with Crippen molar-refractivity contribution in [2.24, 2.45) is 0 Å². The predicted molar refractivity (Wildman–Crippen MR) is 94.2 cm³/mol. The van der Waals surface area contributed by atoms with Gasteiger partial charge in [0.05, 0.1) is 23.1 Å². The second-order valence-electron chi connectivity index (χ2n) is 6.44. The Morgan fingerprint density at radius 2 is 2.00 bits per heavy atom. The Morgan fingerprint density at radius 1 is 1.28 bits per heavy atom. The molecule has 1 aliphatic rings. The summed E-state index contributed by atoms with van der Waals surface area (Å²) in [6.45, 7) is 1.77. The molecule has 25 heavy (non-hydrogen) atoms. The van der Waals surface area contributed by atoms with Gasteiger partial charge in [-0.3, -0.25) is 4.79 Å². The molecule has 1 amide bonds. The normalized spacial score (nSPS) is 16.4. The van der Waals surface area contributed by atoms with E-state index in [0.717, 1.165) is 24.9 Å². The van der Waals surface area contributed by atoms with Gasteiger partial charge in [-0.2, -0.15) is 5.10 Å². The van der Waals surface area contributed by atoms with Crippen LogP contribution in [-0.4, -0.2) is 32.3 Å². The molecule has 1 aliphatic carbocycles. The number of halogens is 1. The number of aliphatic carboxylic acids is 1. The Balaban J connectivity index is 1.87. The van der Waals surface area contributed by atoms with E-state index in [9.17, 15) is 14.7 Å². The molecule has 1 heterocycles. The van der Waals surface area contributed by atoms with E-state index in [4.69, 9.17) is 11.6 Å². The summed E-state index contributed by atoms with van der Waals surface area (Å²) in [5, 5.41) is 17.2. The number of amides is 1. The van der Waals surface area contributed by atoms with Crippen LogP contribution >= 0.6 is 11.6 Å². The van der Waals surface area contributed by atoms with Crippen molar-refractivity contribution >= 4 is 23.5 Å². The highest BCUT2D eigenvalue weighted by molar-refractivity contribution is 6.30. The van der Waals surface area contributed by atoms with E-state index in [1.165, 1.54) is 6.20 Å². The van der Waals surface area contributed by atoms with E-state index >= 15 is 0 Å². The zero-order chi connectivity index (χ0) is 18.0. The molecule has 0 atom stereocenters. The first kappa shape index (κ1) is 17.5. The number of hydrogen-bond donors (Lipinski definition) is 2. The van der Waals surface area contributed by atoms with E-state index in [1.807, 2.05) is 6.07 Å². The highest BCUT2D eigenvalue weighted by Crippen LogP contribution is 2.29. The number of carboxylic acids is 1. The van der Waals surface area contributed by atoms with Crippen LogP contribution in [0, 0.1) is 6.92 Å². The number of nitrogens with zero attached hydrogens (tertiary/aromatic N) is 2. The van der Waals surface area contributed by atoms with Crippen molar-refractivity contribution in [2.45, 2.75) is 44.6 Å². The second-order valence-corrected chi connectivity index (χ2v) is 6.87. The Morgan fingerprint density at radius 3 is 2.64 bits per heavy atom. The molecule has 1 saturated carbocycles. The standard InChI is InChI=1S/C18H20ClN3O3/c1-12-15(11-20-22(12)14-7-5-6-13(19)10-14)16(23)21-18(17(24)25)8-3-2-4-9-18/h5-7,10-11H,2-4,8-9H2,1H3,(H,21,23)(H,24,25). The predicted octanol–water partition coefficient (Wildman–Crippen LogP) is 3.35. The first-order valence-electron chi connectivity index (χ1n) is 8.29. The van der Waals surface area contributed by atoms with Gasteiger partial charge in [-0.05, 0) is 38.0 Å². The van der Waals surface area contributed by atoms with Gasteiger partial charge >= 0.3 is 5.97 Å². The molecule has 1 aromatic heterocycles. The third kappa shape index (κ3) is 3.39. The first-order chi connectivity index (χ1) is 11.9. The lowest BCUT2D eigenvalue weighted by atomic mass is 9.81. The molecular formula is C18H20ClN3O3. The van der Waals surface area contributed by atoms with Crippen molar-refractivity contribution in [2.75, 3.05) is 0 Å². The minimum Gasteiger partial charge on any atom is -0.480 e. The molecule has 132 valence electrons. The summed E-state index contributed by atoms with van der Waals surface area (Å²) in [6, 6.07) is 7.16. The lowest BCUT2D eigenvalue weighted by Crippen LogP contribution is -2.55. The van der Waals surface area contributed by atoms with Gasteiger partial charge in [0.2, 0.25) is 0 Å². The van der Waals surface area contributed by atoms with Crippen LogP contribution < -0.4 is 5.32 Å². The van der Waals surface area contributed by atoms with Crippen LogP contribution in [0.4, 0.5) is 0 Å². The summed E-state index contributed by atoms with van der Waals surface area (Å²) in [7, 11) is 0. The first-order valence-corrected chi connectivity index (χ1v) is 8.67. The van der Waals surface area contributed by atoms with Crippen LogP contribution in [-0.2, 0) is 4.79 Å². The van der Waals surface area contributed by atoms with Crippen LogP contribution in [0.25, 0.3) is 5.69 Å². The number of nitrogens with one attached hydrogen (secondary N) is 1. The van der Waals surface area contributed by atoms with Gasteiger partial charge in [0, 0.05) is 5.02 Å². The molecule has 6 nitrogen and oxygen atoms in total. The fraction of sp³-hybridized carbons (Fsp3) is 0.389. The molecule has 0 spiro atoms. The quantitative estimate of drug-likeness (QED) is 0.874. The molecule has 0 saturated heterocycles. The molecule has 1 aromatic carbocycles. The van der Waals surface area contributed by atoms with E-state index in [1.54, 1.807) is 29.8 Å². The van der Waals surface area contributed by atoms with Crippen molar-refractivity contribution in [3.8, 4) is 5.69 Å². The number of carboxylic acid groups (broad SMARTS) is 1. The Kier molecular flexibility index (Phi) is 4.81. The van der Waals surface area contributed by atoms with E-state index in [2.05, 4.69) is 10.4 Å². The molecule has 7 heteroatoms. The van der Waals surface area contributed by atoms with Crippen molar-refractivity contribution < 1.29 is 14.7 Å². The zero-order valence-electron chi connectivity index (χ0n) is 14.0. The van der Waals surface area contributed by atoms with Gasteiger partial charge < -0.3 is 10.4 Å². The van der Waals surface area contributed by atoms with Gasteiger partial charge in [-0.1, -0.05) is 36.9 Å². The number of carbonyl (C=O) groups excluding carboxylic acids is 1. The van der Waals surface area contributed by atoms with Crippen LogP contribution in [0.5, 0.6) is 0 Å². The number of benzene rings is 1. The van der Waals surface area contributed by atoms with Gasteiger partial charge in [0.25, 0.3) is 5.91 Å². The second kappa shape index (κ2) is 6.88. The summed E-state index contributed by atoms with van der Waals surface area (Å²) >= 11 is 6.01. The molecule has 1 fully saturated rings. The number of aromatic nitrogens is 2. The van der Waals surface area contributed by atoms with Crippen molar-refractivity contribution in [1.82, 2.24) is 15.1 Å². The van der Waals surface area contributed by atoms with Crippen LogP contribution in [0.15, 0.2) is 30.5 Å². The smallest absolute Gasteiger partial charge is 0.329 e. The lowest BCUT2D eigenvalue weighted by molar-refractivity contribution is -0.145. The number of rotatable bonds is 4. The number of carbonyl (C=O) groups is 2. The highest BCUT2D eigenvalue weighted by atomic mass is 35.5. The summed E-state index contributed by atoms with van der Waals surface area (Å²) in [6.07, 6.45) is 4.96. The van der Waals surface area contributed by atoms with Gasteiger partial charge in [-0.15, -0.1) is 0 Å². The maximum atomic E-state index is 12.7. The summed E-state index contributed by atoms with van der Waals surface area (Å²) in [4.78, 5) is 24.4. The highest BCUT2D eigenvalue weighted by Gasteiger charge is 2.41. The fourth-order valence-electron chi connectivity index (χ4n) is 3.33. The van der Waals surface area contributed by atoms with E-state index in [-0.39, 0.29) is 0 Å². The largest absolute Gasteiger partial charge is 0.480 e. The third-order valence-corrected chi connectivity index (χ3v) is 5.01. The van der Waals surface area contributed by atoms with Crippen molar-refractivity contribution in [3.05, 3.63) is 46.7 Å². The topological polar surface area (TPSA) is 84.2 Å². The molecule has 0 bridgehead atoms. The Labute approximate surface area is 150 Å². The monoisotopic (exact) mass is 361 g/mol. The molecule has 0 aliphatic heterocycles.